The molecule has 2 heterocycles. The van der Waals surface area contributed by atoms with E-state index < -0.39 is 0 Å². The van der Waals surface area contributed by atoms with Gasteiger partial charge in [-0.1, -0.05) is 30.3 Å². The van der Waals surface area contributed by atoms with Gasteiger partial charge in [0.05, 0.1) is 0 Å². The molecule has 0 aliphatic carbocycles. The molecular formula is C17H16N4O. The summed E-state index contributed by atoms with van der Waals surface area (Å²) >= 11 is 0. The maximum atomic E-state index is 12.6. The van der Waals surface area contributed by atoms with Crippen molar-refractivity contribution in [1.29, 1.82) is 0 Å². The summed E-state index contributed by atoms with van der Waals surface area (Å²) in [6, 6.07) is 13.6. The fraction of sp³-hybridized carbons (Fsp3) is 0.118. The van der Waals surface area contributed by atoms with Crippen molar-refractivity contribution in [1.82, 2.24) is 20.1 Å². The first-order valence-corrected chi connectivity index (χ1v) is 6.99. The zero-order valence-corrected chi connectivity index (χ0v) is 12.2. The van der Waals surface area contributed by atoms with Crippen molar-refractivity contribution in [2.24, 2.45) is 0 Å². The largest absolute Gasteiger partial charge is 0.336 e. The molecule has 0 saturated heterocycles. The number of hydrogen-bond acceptors (Lipinski definition) is 3. The Kier molecular flexibility index (Phi) is 3.96. The number of H-pyrrole nitrogens is 1. The maximum Gasteiger partial charge on any atom is 0.275 e. The van der Waals surface area contributed by atoms with Gasteiger partial charge >= 0.3 is 0 Å². The second-order valence-corrected chi connectivity index (χ2v) is 5.03. The zero-order valence-electron chi connectivity index (χ0n) is 12.2. The number of carbonyl (C=O) groups excluding carboxylic acids is 1. The molecule has 0 atom stereocenters. The topological polar surface area (TPSA) is 61.9 Å². The quantitative estimate of drug-likeness (QED) is 0.804. The molecule has 2 aromatic heterocycles. The highest BCUT2D eigenvalue weighted by molar-refractivity contribution is 5.98. The third kappa shape index (κ3) is 2.88. The van der Waals surface area contributed by atoms with Crippen molar-refractivity contribution in [3.05, 3.63) is 72.3 Å². The van der Waals surface area contributed by atoms with E-state index in [-0.39, 0.29) is 5.91 Å². The molecule has 0 spiro atoms. The lowest BCUT2D eigenvalue weighted by Gasteiger charge is -2.16. The molecule has 1 amide bonds. The summed E-state index contributed by atoms with van der Waals surface area (Å²) < 4.78 is 0. The van der Waals surface area contributed by atoms with Crippen LogP contribution in [0.15, 0.2) is 61.1 Å². The Balaban J connectivity index is 1.83. The molecule has 0 saturated carbocycles. The summed E-state index contributed by atoms with van der Waals surface area (Å²) in [6.07, 6.45) is 5.13. The second-order valence-electron chi connectivity index (χ2n) is 5.03. The predicted molar refractivity (Wildman–Crippen MR) is 84.1 cm³/mol. The van der Waals surface area contributed by atoms with Crippen LogP contribution in [-0.2, 0) is 6.54 Å². The van der Waals surface area contributed by atoms with E-state index in [2.05, 4.69) is 15.2 Å². The molecule has 5 nitrogen and oxygen atoms in total. The Morgan fingerprint density at radius 3 is 2.59 bits per heavy atom. The smallest absolute Gasteiger partial charge is 0.275 e. The molecule has 0 fully saturated rings. The van der Waals surface area contributed by atoms with Gasteiger partial charge in [-0.05, 0) is 23.3 Å². The van der Waals surface area contributed by atoms with Crippen LogP contribution in [0.1, 0.15) is 16.1 Å². The molecule has 5 heteroatoms. The van der Waals surface area contributed by atoms with Crippen molar-refractivity contribution in [2.75, 3.05) is 7.05 Å². The van der Waals surface area contributed by atoms with E-state index in [1.807, 2.05) is 42.5 Å². The van der Waals surface area contributed by atoms with E-state index >= 15 is 0 Å². The highest BCUT2D eigenvalue weighted by atomic mass is 16.2. The van der Waals surface area contributed by atoms with E-state index in [4.69, 9.17) is 0 Å². The molecule has 0 bridgehead atoms. The monoisotopic (exact) mass is 292 g/mol. The minimum atomic E-state index is -0.114. The van der Waals surface area contributed by atoms with Crippen molar-refractivity contribution < 1.29 is 4.79 Å². The van der Waals surface area contributed by atoms with Gasteiger partial charge < -0.3 is 4.90 Å². The molecule has 22 heavy (non-hydrogen) atoms. The number of aromatic amines is 1. The molecule has 1 N–H and O–H groups in total. The van der Waals surface area contributed by atoms with E-state index in [1.165, 1.54) is 0 Å². The van der Waals surface area contributed by atoms with Gasteiger partial charge in [-0.15, -0.1) is 0 Å². The first-order chi connectivity index (χ1) is 10.8. The number of carbonyl (C=O) groups is 1. The summed E-state index contributed by atoms with van der Waals surface area (Å²) in [6.45, 7) is 0.544. The standard InChI is InChI=1S/C17H16N4O/c1-21(12-13-5-3-2-4-6-13)17(22)16-15(11-19-20-16)14-7-9-18-10-8-14/h2-11H,12H2,1H3,(H,19,20). The number of nitrogens with one attached hydrogen (secondary N) is 1. The minimum absolute atomic E-state index is 0.114. The Labute approximate surface area is 128 Å². The van der Waals surface area contributed by atoms with Crippen molar-refractivity contribution in [3.63, 3.8) is 0 Å². The normalized spacial score (nSPS) is 10.4. The van der Waals surface area contributed by atoms with Gasteiger partial charge in [0.15, 0.2) is 5.69 Å². The molecule has 0 radical (unpaired) electrons. The summed E-state index contributed by atoms with van der Waals surface area (Å²) in [5.41, 5.74) is 3.21. The summed E-state index contributed by atoms with van der Waals surface area (Å²) in [5.74, 6) is -0.114. The fourth-order valence-electron chi connectivity index (χ4n) is 2.31. The van der Waals surface area contributed by atoms with Gasteiger partial charge in [-0.2, -0.15) is 5.10 Å². The van der Waals surface area contributed by atoms with Gasteiger partial charge in [0, 0.05) is 37.7 Å². The van der Waals surface area contributed by atoms with Crippen LogP contribution in [0.3, 0.4) is 0 Å². The Morgan fingerprint density at radius 2 is 1.86 bits per heavy atom. The van der Waals surface area contributed by atoms with Crippen LogP contribution in [0.5, 0.6) is 0 Å². The predicted octanol–water partition coefficient (Wildman–Crippen LogP) is 2.74. The Morgan fingerprint density at radius 1 is 1.14 bits per heavy atom. The number of nitrogens with zero attached hydrogens (tertiary/aromatic N) is 3. The number of benzene rings is 1. The van der Waals surface area contributed by atoms with Crippen molar-refractivity contribution in [3.8, 4) is 11.1 Å². The molecule has 0 aliphatic heterocycles. The lowest BCUT2D eigenvalue weighted by molar-refractivity contribution is 0.0780. The molecule has 1 aromatic carbocycles. The Hall–Kier alpha value is -2.95. The zero-order chi connectivity index (χ0) is 15.4. The van der Waals surface area contributed by atoms with Crippen LogP contribution < -0.4 is 0 Å². The van der Waals surface area contributed by atoms with E-state index in [9.17, 15) is 4.79 Å². The molecule has 0 aliphatic rings. The number of aromatic nitrogens is 3. The lowest BCUT2D eigenvalue weighted by atomic mass is 10.1. The van der Waals surface area contributed by atoms with Crippen LogP contribution in [0, 0.1) is 0 Å². The SMILES string of the molecule is CN(Cc1ccccc1)C(=O)c1n[nH]cc1-c1ccncc1. The van der Waals surface area contributed by atoms with Crippen molar-refractivity contribution >= 4 is 5.91 Å². The summed E-state index contributed by atoms with van der Waals surface area (Å²) in [4.78, 5) is 18.3. The average Bonchev–Trinajstić information content (AvgIpc) is 3.05. The van der Waals surface area contributed by atoms with E-state index in [1.54, 1.807) is 30.5 Å². The van der Waals surface area contributed by atoms with E-state index in [0.717, 1.165) is 16.7 Å². The fourth-order valence-corrected chi connectivity index (χ4v) is 2.31. The summed E-state index contributed by atoms with van der Waals surface area (Å²) in [5, 5.41) is 6.90. The molecule has 3 rings (SSSR count). The van der Waals surface area contributed by atoms with Gasteiger partial charge in [0.2, 0.25) is 0 Å². The van der Waals surface area contributed by atoms with Crippen LogP contribution in [0.4, 0.5) is 0 Å². The molecule has 0 unspecified atom stereocenters. The van der Waals surface area contributed by atoms with Crippen LogP contribution in [0.2, 0.25) is 0 Å². The average molecular weight is 292 g/mol. The third-order valence-electron chi connectivity index (χ3n) is 3.44. The second kappa shape index (κ2) is 6.22. The van der Waals surface area contributed by atoms with Crippen LogP contribution in [0.25, 0.3) is 11.1 Å². The number of rotatable bonds is 4. The molecule has 3 aromatic rings. The van der Waals surface area contributed by atoms with E-state index in [0.29, 0.717) is 12.2 Å². The van der Waals surface area contributed by atoms with Gasteiger partial charge in [-0.3, -0.25) is 14.9 Å². The van der Waals surface area contributed by atoms with Crippen molar-refractivity contribution in [2.45, 2.75) is 6.54 Å². The minimum Gasteiger partial charge on any atom is -0.336 e. The lowest BCUT2D eigenvalue weighted by Crippen LogP contribution is -2.27. The number of amides is 1. The van der Waals surface area contributed by atoms with Crippen LogP contribution in [-0.4, -0.2) is 33.0 Å². The highest BCUT2D eigenvalue weighted by Gasteiger charge is 2.19. The number of pyridine rings is 1. The number of hydrogen-bond donors (Lipinski definition) is 1. The first kappa shape index (κ1) is 14.0. The van der Waals surface area contributed by atoms with Gasteiger partial charge in [0.1, 0.15) is 0 Å². The third-order valence-corrected chi connectivity index (χ3v) is 3.44. The van der Waals surface area contributed by atoms with Gasteiger partial charge in [-0.25, -0.2) is 0 Å². The molecular weight excluding hydrogens is 276 g/mol. The maximum absolute atomic E-state index is 12.6. The van der Waals surface area contributed by atoms with Crippen LogP contribution >= 0.6 is 0 Å². The first-order valence-electron chi connectivity index (χ1n) is 6.99. The Bertz CT molecular complexity index is 753. The molecule has 110 valence electrons. The van der Waals surface area contributed by atoms with Gasteiger partial charge in [0.25, 0.3) is 5.91 Å². The summed E-state index contributed by atoms with van der Waals surface area (Å²) in [7, 11) is 1.78. The highest BCUT2D eigenvalue weighted by Crippen LogP contribution is 2.22.